The third-order valence-corrected chi connectivity index (χ3v) is 3.66. The van der Waals surface area contributed by atoms with Crippen LogP contribution in [0.5, 0.6) is 0 Å². The highest BCUT2D eigenvalue weighted by molar-refractivity contribution is 6.30. The maximum Gasteiger partial charge on any atom is 0.320 e. The zero-order valence-electron chi connectivity index (χ0n) is 10.3. The van der Waals surface area contributed by atoms with E-state index in [1.54, 1.807) is 6.92 Å². The molecule has 1 aliphatic heterocycles. The standard InChI is InChI=1S/C13H17ClN2O2/c1-10(13(17)18)15-6-8-16(9-7-15)12-4-2-11(14)3-5-12/h2-5,10H,6-9H2,1H3,(H,17,18). The second-order valence-corrected chi connectivity index (χ2v) is 4.95. The van der Waals surface area contributed by atoms with Crippen LogP contribution in [0.15, 0.2) is 24.3 Å². The Bertz CT molecular complexity index is 414. The van der Waals surface area contributed by atoms with E-state index in [1.807, 2.05) is 29.2 Å². The lowest BCUT2D eigenvalue weighted by Gasteiger charge is -2.37. The first-order chi connectivity index (χ1) is 8.58. The second-order valence-electron chi connectivity index (χ2n) is 4.51. The number of hydrogen-bond acceptors (Lipinski definition) is 3. The number of carboxylic acid groups (broad SMARTS) is 1. The molecule has 1 atom stereocenters. The van der Waals surface area contributed by atoms with Gasteiger partial charge in [0.05, 0.1) is 0 Å². The molecule has 2 rings (SSSR count). The van der Waals surface area contributed by atoms with E-state index >= 15 is 0 Å². The van der Waals surface area contributed by atoms with Crippen molar-refractivity contribution in [1.82, 2.24) is 4.90 Å². The molecule has 1 unspecified atom stereocenters. The van der Waals surface area contributed by atoms with E-state index in [0.717, 1.165) is 36.9 Å². The largest absolute Gasteiger partial charge is 0.480 e. The SMILES string of the molecule is CC(C(=O)O)N1CCN(c2ccc(Cl)cc2)CC1. The molecule has 1 saturated heterocycles. The molecular weight excluding hydrogens is 252 g/mol. The van der Waals surface area contributed by atoms with Gasteiger partial charge in [-0.05, 0) is 31.2 Å². The summed E-state index contributed by atoms with van der Waals surface area (Å²) in [6, 6.07) is 7.35. The van der Waals surface area contributed by atoms with Crippen LogP contribution in [0.1, 0.15) is 6.92 Å². The molecule has 1 aliphatic rings. The van der Waals surface area contributed by atoms with Crippen molar-refractivity contribution in [3.63, 3.8) is 0 Å². The van der Waals surface area contributed by atoms with Gasteiger partial charge in [-0.25, -0.2) is 0 Å². The summed E-state index contributed by atoms with van der Waals surface area (Å²) in [6.07, 6.45) is 0. The summed E-state index contributed by atoms with van der Waals surface area (Å²) < 4.78 is 0. The number of benzene rings is 1. The summed E-state index contributed by atoms with van der Waals surface area (Å²) in [4.78, 5) is 15.2. The van der Waals surface area contributed by atoms with Crippen molar-refractivity contribution in [3.8, 4) is 0 Å². The van der Waals surface area contributed by atoms with E-state index in [1.165, 1.54) is 0 Å². The number of rotatable bonds is 3. The summed E-state index contributed by atoms with van der Waals surface area (Å²) in [5.41, 5.74) is 1.14. The maximum atomic E-state index is 10.9. The normalized spacial score (nSPS) is 18.7. The number of aliphatic carboxylic acids is 1. The number of carbonyl (C=O) groups is 1. The topological polar surface area (TPSA) is 43.8 Å². The van der Waals surface area contributed by atoms with Gasteiger partial charge in [0, 0.05) is 36.9 Å². The first-order valence-corrected chi connectivity index (χ1v) is 6.43. The molecule has 98 valence electrons. The third kappa shape index (κ3) is 2.94. The zero-order chi connectivity index (χ0) is 13.1. The highest BCUT2D eigenvalue weighted by atomic mass is 35.5. The van der Waals surface area contributed by atoms with Crippen LogP contribution < -0.4 is 4.90 Å². The molecule has 0 amide bonds. The van der Waals surface area contributed by atoms with Crippen LogP contribution in [0.2, 0.25) is 5.02 Å². The first kappa shape index (κ1) is 13.2. The van der Waals surface area contributed by atoms with Gasteiger partial charge in [0.25, 0.3) is 0 Å². The molecule has 1 heterocycles. The van der Waals surface area contributed by atoms with E-state index < -0.39 is 12.0 Å². The zero-order valence-corrected chi connectivity index (χ0v) is 11.1. The molecular formula is C13H17ClN2O2. The quantitative estimate of drug-likeness (QED) is 0.910. The minimum atomic E-state index is -0.755. The molecule has 4 nitrogen and oxygen atoms in total. The van der Waals surface area contributed by atoms with E-state index in [9.17, 15) is 4.79 Å². The van der Waals surface area contributed by atoms with Crippen molar-refractivity contribution in [1.29, 1.82) is 0 Å². The predicted octanol–water partition coefficient (Wildman–Crippen LogP) is 1.94. The average molecular weight is 269 g/mol. The Kier molecular flexibility index (Phi) is 4.09. The second kappa shape index (κ2) is 5.59. The summed E-state index contributed by atoms with van der Waals surface area (Å²) in [6.45, 7) is 4.98. The van der Waals surface area contributed by atoms with Crippen LogP contribution in [0.3, 0.4) is 0 Å². The fourth-order valence-corrected chi connectivity index (χ4v) is 2.30. The van der Waals surface area contributed by atoms with Gasteiger partial charge in [-0.2, -0.15) is 0 Å². The lowest BCUT2D eigenvalue weighted by Crippen LogP contribution is -2.51. The lowest BCUT2D eigenvalue weighted by molar-refractivity contribution is -0.142. The smallest absolute Gasteiger partial charge is 0.320 e. The minimum absolute atomic E-state index is 0.405. The number of hydrogen-bond donors (Lipinski definition) is 1. The molecule has 0 bridgehead atoms. The fourth-order valence-electron chi connectivity index (χ4n) is 2.18. The van der Waals surface area contributed by atoms with Gasteiger partial charge < -0.3 is 10.0 Å². The van der Waals surface area contributed by atoms with Gasteiger partial charge in [-0.3, -0.25) is 9.69 Å². The van der Waals surface area contributed by atoms with Crippen molar-refractivity contribution < 1.29 is 9.90 Å². The highest BCUT2D eigenvalue weighted by Gasteiger charge is 2.25. The first-order valence-electron chi connectivity index (χ1n) is 6.05. The predicted molar refractivity (Wildman–Crippen MR) is 72.3 cm³/mol. The van der Waals surface area contributed by atoms with Gasteiger partial charge in [0.15, 0.2) is 0 Å². The Morgan fingerprint density at radius 1 is 1.22 bits per heavy atom. The van der Waals surface area contributed by atoms with Crippen LogP contribution in [0, 0.1) is 0 Å². The Hall–Kier alpha value is -1.26. The Labute approximate surface area is 112 Å². The molecule has 1 aromatic carbocycles. The molecule has 0 aliphatic carbocycles. The fraction of sp³-hybridized carbons (Fsp3) is 0.462. The number of halogens is 1. The number of nitrogens with zero attached hydrogens (tertiary/aromatic N) is 2. The van der Waals surface area contributed by atoms with Gasteiger partial charge in [0.1, 0.15) is 6.04 Å². The molecule has 0 radical (unpaired) electrons. The summed E-state index contributed by atoms with van der Waals surface area (Å²) in [5.74, 6) is -0.755. The summed E-state index contributed by atoms with van der Waals surface area (Å²) in [5, 5.41) is 9.71. The molecule has 18 heavy (non-hydrogen) atoms. The maximum absolute atomic E-state index is 10.9. The molecule has 0 spiro atoms. The highest BCUT2D eigenvalue weighted by Crippen LogP contribution is 2.19. The number of piperazine rings is 1. The Balaban J connectivity index is 1.94. The van der Waals surface area contributed by atoms with Crippen LogP contribution in [0.4, 0.5) is 5.69 Å². The summed E-state index contributed by atoms with van der Waals surface area (Å²) in [7, 11) is 0. The number of anilines is 1. The molecule has 1 fully saturated rings. The van der Waals surface area contributed by atoms with Gasteiger partial charge in [-0.1, -0.05) is 11.6 Å². The minimum Gasteiger partial charge on any atom is -0.480 e. The molecule has 0 aromatic heterocycles. The van der Waals surface area contributed by atoms with Crippen LogP contribution in [0.25, 0.3) is 0 Å². The van der Waals surface area contributed by atoms with E-state index in [0.29, 0.717) is 0 Å². The molecule has 1 N–H and O–H groups in total. The van der Waals surface area contributed by atoms with E-state index in [-0.39, 0.29) is 0 Å². The summed E-state index contributed by atoms with van der Waals surface area (Å²) >= 11 is 5.86. The Morgan fingerprint density at radius 3 is 2.28 bits per heavy atom. The van der Waals surface area contributed by atoms with Crippen molar-refractivity contribution >= 4 is 23.3 Å². The van der Waals surface area contributed by atoms with E-state index in [4.69, 9.17) is 16.7 Å². The average Bonchev–Trinajstić information content (AvgIpc) is 2.39. The van der Waals surface area contributed by atoms with Crippen LogP contribution >= 0.6 is 11.6 Å². The Morgan fingerprint density at radius 2 is 1.78 bits per heavy atom. The third-order valence-electron chi connectivity index (χ3n) is 3.41. The van der Waals surface area contributed by atoms with Crippen molar-refractivity contribution in [2.24, 2.45) is 0 Å². The van der Waals surface area contributed by atoms with Gasteiger partial charge in [-0.15, -0.1) is 0 Å². The molecule has 1 aromatic rings. The van der Waals surface area contributed by atoms with Gasteiger partial charge >= 0.3 is 5.97 Å². The molecule has 0 saturated carbocycles. The molecule has 5 heteroatoms. The van der Waals surface area contributed by atoms with Crippen molar-refractivity contribution in [2.45, 2.75) is 13.0 Å². The lowest BCUT2D eigenvalue weighted by atomic mass is 10.2. The number of carboxylic acids is 1. The van der Waals surface area contributed by atoms with Crippen LogP contribution in [-0.4, -0.2) is 48.2 Å². The van der Waals surface area contributed by atoms with Gasteiger partial charge in [0.2, 0.25) is 0 Å². The van der Waals surface area contributed by atoms with E-state index in [2.05, 4.69) is 4.90 Å². The van der Waals surface area contributed by atoms with Crippen LogP contribution in [-0.2, 0) is 4.79 Å². The monoisotopic (exact) mass is 268 g/mol. The van der Waals surface area contributed by atoms with Crippen molar-refractivity contribution in [2.75, 3.05) is 31.1 Å². The van der Waals surface area contributed by atoms with Crippen molar-refractivity contribution in [3.05, 3.63) is 29.3 Å².